The highest BCUT2D eigenvalue weighted by atomic mass is 15.5. The summed E-state index contributed by atoms with van der Waals surface area (Å²) in [6, 6.07) is 18.7. The Bertz CT molecular complexity index is 844. The standard InChI is InChI=1S/C21H23N5/c1-2-7-16-25(15-6-1)17-14-21-22-23-24-26(21)20-12-10-19(11-13-20)18-8-4-3-5-9-18/h3-5,8-14,17H,1-2,6-7,15-16H2. The van der Waals surface area contributed by atoms with E-state index in [1.807, 2.05) is 12.1 Å². The van der Waals surface area contributed by atoms with Gasteiger partial charge in [0.1, 0.15) is 0 Å². The molecule has 2 heterocycles. The van der Waals surface area contributed by atoms with Crippen molar-refractivity contribution in [2.45, 2.75) is 25.7 Å². The van der Waals surface area contributed by atoms with Gasteiger partial charge in [0, 0.05) is 25.4 Å². The third-order valence-corrected chi connectivity index (χ3v) is 4.79. The van der Waals surface area contributed by atoms with E-state index in [0.717, 1.165) is 24.6 Å². The van der Waals surface area contributed by atoms with Crippen LogP contribution in [-0.2, 0) is 0 Å². The van der Waals surface area contributed by atoms with Gasteiger partial charge in [-0.05, 0) is 46.5 Å². The van der Waals surface area contributed by atoms with E-state index in [-0.39, 0.29) is 0 Å². The van der Waals surface area contributed by atoms with Crippen LogP contribution in [-0.4, -0.2) is 38.2 Å². The van der Waals surface area contributed by atoms with Crippen LogP contribution in [0.3, 0.4) is 0 Å². The van der Waals surface area contributed by atoms with Gasteiger partial charge in [-0.3, -0.25) is 0 Å². The van der Waals surface area contributed by atoms with Gasteiger partial charge in [0.25, 0.3) is 0 Å². The molecule has 0 unspecified atom stereocenters. The maximum atomic E-state index is 4.17. The summed E-state index contributed by atoms with van der Waals surface area (Å²) >= 11 is 0. The smallest absolute Gasteiger partial charge is 0.181 e. The van der Waals surface area contributed by atoms with E-state index in [1.54, 1.807) is 4.68 Å². The summed E-state index contributed by atoms with van der Waals surface area (Å²) in [5.74, 6) is 0.752. The first-order valence-corrected chi connectivity index (χ1v) is 9.27. The first-order chi connectivity index (χ1) is 12.9. The van der Waals surface area contributed by atoms with Crippen LogP contribution in [0, 0.1) is 0 Å². The lowest BCUT2D eigenvalue weighted by Crippen LogP contribution is -2.17. The zero-order chi connectivity index (χ0) is 17.6. The molecule has 0 spiro atoms. The van der Waals surface area contributed by atoms with Gasteiger partial charge in [-0.25, -0.2) is 0 Å². The second kappa shape index (κ2) is 7.95. The average molecular weight is 345 g/mol. The normalized spacial score (nSPS) is 15.3. The lowest BCUT2D eigenvalue weighted by atomic mass is 10.1. The van der Waals surface area contributed by atoms with Gasteiger partial charge < -0.3 is 4.90 Å². The summed E-state index contributed by atoms with van der Waals surface area (Å²) in [5.41, 5.74) is 3.35. The van der Waals surface area contributed by atoms with Gasteiger partial charge in [0.2, 0.25) is 0 Å². The number of likely N-dealkylation sites (tertiary alicyclic amines) is 1. The Hall–Kier alpha value is -2.95. The predicted octanol–water partition coefficient (Wildman–Crippen LogP) is 4.18. The third kappa shape index (κ3) is 3.82. The molecular formula is C21H23N5. The third-order valence-electron chi connectivity index (χ3n) is 4.79. The molecular weight excluding hydrogens is 322 g/mol. The van der Waals surface area contributed by atoms with Crippen LogP contribution in [0.5, 0.6) is 0 Å². The number of tetrazole rings is 1. The van der Waals surface area contributed by atoms with Crippen LogP contribution in [0.2, 0.25) is 0 Å². The van der Waals surface area contributed by atoms with Crippen LogP contribution < -0.4 is 0 Å². The topological polar surface area (TPSA) is 46.8 Å². The highest BCUT2D eigenvalue weighted by molar-refractivity contribution is 5.64. The lowest BCUT2D eigenvalue weighted by Gasteiger charge is -2.16. The van der Waals surface area contributed by atoms with Crippen molar-refractivity contribution in [3.8, 4) is 16.8 Å². The minimum Gasteiger partial charge on any atom is -0.377 e. The minimum atomic E-state index is 0.752. The molecule has 0 N–H and O–H groups in total. The fourth-order valence-electron chi connectivity index (χ4n) is 3.32. The minimum absolute atomic E-state index is 0.752. The molecule has 132 valence electrons. The van der Waals surface area contributed by atoms with Crippen LogP contribution >= 0.6 is 0 Å². The molecule has 0 aliphatic carbocycles. The molecule has 1 saturated heterocycles. The van der Waals surface area contributed by atoms with E-state index in [1.165, 1.54) is 36.8 Å². The molecule has 0 amide bonds. The van der Waals surface area contributed by atoms with Crippen molar-refractivity contribution < 1.29 is 0 Å². The molecule has 0 radical (unpaired) electrons. The molecule has 5 heteroatoms. The van der Waals surface area contributed by atoms with Gasteiger partial charge in [-0.2, -0.15) is 4.68 Å². The largest absolute Gasteiger partial charge is 0.377 e. The van der Waals surface area contributed by atoms with Crippen molar-refractivity contribution in [1.82, 2.24) is 25.1 Å². The number of hydrogen-bond acceptors (Lipinski definition) is 4. The van der Waals surface area contributed by atoms with Gasteiger partial charge in [-0.1, -0.05) is 55.3 Å². The van der Waals surface area contributed by atoms with Gasteiger partial charge in [-0.15, -0.1) is 5.10 Å². The second-order valence-electron chi connectivity index (χ2n) is 6.63. The lowest BCUT2D eigenvalue weighted by molar-refractivity contribution is 0.394. The molecule has 0 bridgehead atoms. The summed E-state index contributed by atoms with van der Waals surface area (Å²) in [6.45, 7) is 2.23. The Kier molecular flexibility index (Phi) is 5.05. The Labute approximate surface area is 154 Å². The highest BCUT2D eigenvalue weighted by Gasteiger charge is 2.08. The summed E-state index contributed by atoms with van der Waals surface area (Å²) < 4.78 is 1.78. The van der Waals surface area contributed by atoms with Crippen molar-refractivity contribution in [3.05, 3.63) is 66.6 Å². The molecule has 0 atom stereocenters. The van der Waals surface area contributed by atoms with Gasteiger partial charge >= 0.3 is 0 Å². The van der Waals surface area contributed by atoms with Crippen LogP contribution in [0.1, 0.15) is 31.5 Å². The molecule has 1 aromatic heterocycles. The molecule has 4 rings (SSSR count). The maximum Gasteiger partial charge on any atom is 0.181 e. The first kappa shape index (κ1) is 16.5. The summed E-state index contributed by atoms with van der Waals surface area (Å²) in [5, 5.41) is 12.2. The number of nitrogens with zero attached hydrogens (tertiary/aromatic N) is 5. The number of hydrogen-bond donors (Lipinski definition) is 0. The monoisotopic (exact) mass is 345 g/mol. The van der Waals surface area contributed by atoms with E-state index in [0.29, 0.717) is 0 Å². The number of rotatable bonds is 4. The van der Waals surface area contributed by atoms with Gasteiger partial charge in [0.15, 0.2) is 5.82 Å². The van der Waals surface area contributed by atoms with Crippen molar-refractivity contribution in [3.63, 3.8) is 0 Å². The molecule has 5 nitrogen and oxygen atoms in total. The van der Waals surface area contributed by atoms with E-state index in [2.05, 4.69) is 75.2 Å². The van der Waals surface area contributed by atoms with E-state index in [4.69, 9.17) is 0 Å². The van der Waals surface area contributed by atoms with Crippen molar-refractivity contribution in [1.29, 1.82) is 0 Å². The van der Waals surface area contributed by atoms with Crippen LogP contribution in [0.15, 0.2) is 60.8 Å². The first-order valence-electron chi connectivity index (χ1n) is 9.27. The van der Waals surface area contributed by atoms with Gasteiger partial charge in [0.05, 0.1) is 5.69 Å². The quantitative estimate of drug-likeness (QED) is 0.712. The molecule has 3 aromatic rings. The predicted molar refractivity (Wildman–Crippen MR) is 104 cm³/mol. The summed E-state index contributed by atoms with van der Waals surface area (Å²) in [4.78, 5) is 2.37. The fourth-order valence-corrected chi connectivity index (χ4v) is 3.32. The second-order valence-corrected chi connectivity index (χ2v) is 6.63. The van der Waals surface area contributed by atoms with Crippen molar-refractivity contribution >= 4 is 6.08 Å². The van der Waals surface area contributed by atoms with Crippen LogP contribution in [0.25, 0.3) is 22.9 Å². The zero-order valence-electron chi connectivity index (χ0n) is 14.8. The number of aromatic nitrogens is 4. The maximum absolute atomic E-state index is 4.17. The van der Waals surface area contributed by atoms with Crippen LogP contribution in [0.4, 0.5) is 0 Å². The van der Waals surface area contributed by atoms with E-state index in [9.17, 15) is 0 Å². The Morgan fingerprint density at radius 1 is 0.769 bits per heavy atom. The summed E-state index contributed by atoms with van der Waals surface area (Å²) in [7, 11) is 0. The van der Waals surface area contributed by atoms with Crippen molar-refractivity contribution in [2.24, 2.45) is 0 Å². The molecule has 26 heavy (non-hydrogen) atoms. The zero-order valence-corrected chi connectivity index (χ0v) is 14.8. The molecule has 2 aromatic carbocycles. The Morgan fingerprint density at radius 3 is 2.19 bits per heavy atom. The number of benzene rings is 2. The molecule has 0 saturated carbocycles. The van der Waals surface area contributed by atoms with Crippen molar-refractivity contribution in [2.75, 3.05) is 13.1 Å². The SMILES string of the molecule is C(=CN1CCCCCC1)c1nnnn1-c1ccc(-c2ccccc2)cc1. The fraction of sp³-hybridized carbons (Fsp3) is 0.286. The Balaban J connectivity index is 1.53. The van der Waals surface area contributed by atoms with E-state index >= 15 is 0 Å². The highest BCUT2D eigenvalue weighted by Crippen LogP contribution is 2.21. The molecule has 1 aliphatic rings. The average Bonchev–Trinajstić information content (AvgIpc) is 3.02. The molecule has 1 fully saturated rings. The molecule has 1 aliphatic heterocycles. The summed E-state index contributed by atoms with van der Waals surface area (Å²) in [6.07, 6.45) is 9.32. The Morgan fingerprint density at radius 2 is 1.46 bits per heavy atom. The van der Waals surface area contributed by atoms with E-state index < -0.39 is 0 Å².